The lowest BCUT2D eigenvalue weighted by molar-refractivity contribution is 0.102. The van der Waals surface area contributed by atoms with Gasteiger partial charge < -0.3 is 9.88 Å². The second-order valence-electron chi connectivity index (χ2n) is 6.81. The molecule has 0 fully saturated rings. The quantitative estimate of drug-likeness (QED) is 0.700. The van der Waals surface area contributed by atoms with Crippen LogP contribution in [0, 0.1) is 13.8 Å². The molecule has 1 aromatic heterocycles. The molecule has 0 aliphatic rings. The monoisotopic (exact) mass is 388 g/mol. The van der Waals surface area contributed by atoms with E-state index < -0.39 is 5.43 Å². The molecule has 0 bridgehead atoms. The summed E-state index contributed by atoms with van der Waals surface area (Å²) in [5, 5.41) is 3.12. The molecule has 0 aliphatic heterocycles. The highest BCUT2D eigenvalue weighted by atomic mass is 35.5. The van der Waals surface area contributed by atoms with E-state index in [4.69, 9.17) is 11.6 Å². The molecular formula is C22H29ClN2O2. The summed E-state index contributed by atoms with van der Waals surface area (Å²) in [7, 11) is 0. The Morgan fingerprint density at radius 3 is 2.19 bits per heavy atom. The van der Waals surface area contributed by atoms with Crippen molar-refractivity contribution in [3.8, 4) is 0 Å². The summed E-state index contributed by atoms with van der Waals surface area (Å²) >= 11 is 6.29. The number of anilines is 1. The van der Waals surface area contributed by atoms with Crippen LogP contribution in [0.5, 0.6) is 0 Å². The van der Waals surface area contributed by atoms with Crippen molar-refractivity contribution in [3.63, 3.8) is 0 Å². The number of carbonyl (C=O) groups is 1. The van der Waals surface area contributed by atoms with Crippen molar-refractivity contribution in [2.75, 3.05) is 5.32 Å². The van der Waals surface area contributed by atoms with E-state index in [1.165, 1.54) is 0 Å². The summed E-state index contributed by atoms with van der Waals surface area (Å²) in [6.07, 6.45) is 3.59. The van der Waals surface area contributed by atoms with Gasteiger partial charge in [-0.1, -0.05) is 57.0 Å². The number of nitrogens with zero attached hydrogens (tertiary/aromatic N) is 1. The molecule has 0 aliphatic carbocycles. The molecule has 0 saturated carbocycles. The minimum Gasteiger partial charge on any atom is -0.347 e. The summed E-state index contributed by atoms with van der Waals surface area (Å²) in [5.74, 6) is -0.389. The average Bonchev–Trinajstić information content (AvgIpc) is 2.66. The molecule has 1 N–H and O–H groups in total. The summed E-state index contributed by atoms with van der Waals surface area (Å²) in [6.45, 7) is 10.6. The molecule has 2 rings (SSSR count). The Morgan fingerprint density at radius 1 is 1.07 bits per heavy atom. The predicted molar refractivity (Wildman–Crippen MR) is 113 cm³/mol. The topological polar surface area (TPSA) is 51.1 Å². The zero-order chi connectivity index (χ0) is 20.1. The molecule has 0 unspecified atom stereocenters. The van der Waals surface area contributed by atoms with Gasteiger partial charge in [0, 0.05) is 23.6 Å². The Morgan fingerprint density at radius 2 is 1.67 bits per heavy atom. The van der Waals surface area contributed by atoms with Crippen molar-refractivity contribution in [3.05, 3.63) is 61.5 Å². The normalized spacial score (nSPS) is 10.9. The first-order valence-corrected chi connectivity index (χ1v) is 10.1. The van der Waals surface area contributed by atoms with Crippen LogP contribution in [0.4, 0.5) is 5.69 Å². The third-order valence-electron chi connectivity index (χ3n) is 5.12. The van der Waals surface area contributed by atoms with E-state index in [2.05, 4.69) is 26.1 Å². The zero-order valence-corrected chi connectivity index (χ0v) is 17.7. The van der Waals surface area contributed by atoms with Crippen LogP contribution < -0.4 is 10.7 Å². The fourth-order valence-corrected chi connectivity index (χ4v) is 3.64. The van der Waals surface area contributed by atoms with E-state index >= 15 is 0 Å². The maximum atomic E-state index is 13.1. The Labute approximate surface area is 166 Å². The summed E-state index contributed by atoms with van der Waals surface area (Å²) in [4.78, 5) is 25.9. The number of amides is 1. The van der Waals surface area contributed by atoms with E-state index in [1.807, 2.05) is 36.6 Å². The molecule has 4 nitrogen and oxygen atoms in total. The Hall–Kier alpha value is -2.07. The van der Waals surface area contributed by atoms with Crippen LogP contribution in [0.3, 0.4) is 0 Å². The average molecular weight is 389 g/mol. The Kier molecular flexibility index (Phi) is 7.25. The highest BCUT2D eigenvalue weighted by Crippen LogP contribution is 2.24. The Balaban J connectivity index is 2.55. The van der Waals surface area contributed by atoms with Crippen LogP contribution in [0.2, 0.25) is 5.02 Å². The van der Waals surface area contributed by atoms with Crippen LogP contribution >= 0.6 is 11.6 Å². The maximum Gasteiger partial charge on any atom is 0.261 e. The molecule has 1 aromatic carbocycles. The molecule has 1 amide bonds. The van der Waals surface area contributed by atoms with Gasteiger partial charge in [-0.3, -0.25) is 9.59 Å². The largest absolute Gasteiger partial charge is 0.347 e. The minimum absolute atomic E-state index is 0.126. The molecule has 0 radical (unpaired) electrons. The maximum absolute atomic E-state index is 13.1. The molecule has 27 heavy (non-hydrogen) atoms. The lowest BCUT2D eigenvalue weighted by Crippen LogP contribution is -2.28. The Bertz CT molecular complexity index is 878. The van der Waals surface area contributed by atoms with Crippen molar-refractivity contribution in [2.24, 2.45) is 0 Å². The number of benzene rings is 1. The zero-order valence-electron chi connectivity index (χ0n) is 16.9. The molecule has 2 aromatic rings. The SMILES string of the molecule is CCCCn1c(C)c(Cl)c(=O)c(C(=O)Nc2c(CC)cccc2CC)c1C. The number of hydrogen-bond donors (Lipinski definition) is 1. The van der Waals surface area contributed by atoms with Crippen LogP contribution in [-0.4, -0.2) is 10.5 Å². The van der Waals surface area contributed by atoms with E-state index in [9.17, 15) is 9.59 Å². The van der Waals surface area contributed by atoms with Crippen molar-refractivity contribution in [1.29, 1.82) is 0 Å². The summed E-state index contributed by atoms with van der Waals surface area (Å²) in [5.41, 5.74) is 4.05. The lowest BCUT2D eigenvalue weighted by Gasteiger charge is -2.20. The van der Waals surface area contributed by atoms with Crippen LogP contribution in [0.25, 0.3) is 0 Å². The van der Waals surface area contributed by atoms with E-state index in [-0.39, 0.29) is 16.5 Å². The molecule has 146 valence electrons. The van der Waals surface area contributed by atoms with Crippen molar-refractivity contribution in [2.45, 2.75) is 66.8 Å². The fraction of sp³-hybridized carbons (Fsp3) is 0.455. The number of halogens is 1. The van der Waals surface area contributed by atoms with E-state index in [1.54, 1.807) is 0 Å². The van der Waals surface area contributed by atoms with Gasteiger partial charge in [0.25, 0.3) is 5.91 Å². The number of pyridine rings is 1. The number of hydrogen-bond acceptors (Lipinski definition) is 2. The highest BCUT2D eigenvalue weighted by Gasteiger charge is 2.22. The van der Waals surface area contributed by atoms with Gasteiger partial charge in [0.05, 0.1) is 0 Å². The minimum atomic E-state index is -0.399. The van der Waals surface area contributed by atoms with Gasteiger partial charge in [0.2, 0.25) is 5.43 Å². The van der Waals surface area contributed by atoms with Gasteiger partial charge in [-0.25, -0.2) is 0 Å². The summed E-state index contributed by atoms with van der Waals surface area (Å²) in [6, 6.07) is 6.01. The molecule has 0 saturated heterocycles. The smallest absolute Gasteiger partial charge is 0.261 e. The van der Waals surface area contributed by atoms with Crippen molar-refractivity contribution >= 4 is 23.2 Å². The second kappa shape index (κ2) is 9.23. The van der Waals surface area contributed by atoms with Gasteiger partial charge in [-0.15, -0.1) is 0 Å². The molecule has 0 spiro atoms. The number of nitrogens with one attached hydrogen (secondary N) is 1. The standard InChI is InChI=1S/C22H29ClN2O2/c1-6-9-13-25-14(4)18(21(26)19(23)15(25)5)22(27)24-20-16(7-2)11-10-12-17(20)8-3/h10-12H,6-9,13H2,1-5H3,(H,24,27). The first-order chi connectivity index (χ1) is 12.9. The van der Waals surface area contributed by atoms with E-state index in [0.29, 0.717) is 11.4 Å². The van der Waals surface area contributed by atoms with Gasteiger partial charge in [0.15, 0.2) is 0 Å². The van der Waals surface area contributed by atoms with E-state index in [0.717, 1.165) is 49.0 Å². The number of unbranched alkanes of at least 4 members (excludes halogenated alkanes) is 1. The third-order valence-corrected chi connectivity index (χ3v) is 5.56. The molecule has 1 heterocycles. The lowest BCUT2D eigenvalue weighted by atomic mass is 10.0. The van der Waals surface area contributed by atoms with Crippen molar-refractivity contribution < 1.29 is 4.79 Å². The van der Waals surface area contributed by atoms with Gasteiger partial charge in [-0.2, -0.15) is 0 Å². The van der Waals surface area contributed by atoms with Crippen LogP contribution in [0.15, 0.2) is 23.0 Å². The third kappa shape index (κ3) is 4.27. The molecule has 5 heteroatoms. The molecule has 0 atom stereocenters. The second-order valence-corrected chi connectivity index (χ2v) is 7.18. The van der Waals surface area contributed by atoms with Gasteiger partial charge in [-0.05, 0) is 44.2 Å². The van der Waals surface area contributed by atoms with Crippen LogP contribution in [-0.2, 0) is 19.4 Å². The first-order valence-electron chi connectivity index (χ1n) is 9.68. The van der Waals surface area contributed by atoms with Crippen LogP contribution in [0.1, 0.15) is 66.5 Å². The number of rotatable bonds is 7. The van der Waals surface area contributed by atoms with Crippen molar-refractivity contribution in [1.82, 2.24) is 4.57 Å². The first kappa shape index (κ1) is 21.2. The number of aryl methyl sites for hydroxylation is 2. The van der Waals surface area contributed by atoms with Gasteiger partial charge in [0.1, 0.15) is 10.6 Å². The predicted octanol–water partition coefficient (Wildman–Crippen LogP) is 5.30. The number of carbonyl (C=O) groups excluding carboxylic acids is 1. The fourth-order valence-electron chi connectivity index (χ4n) is 3.44. The number of aromatic nitrogens is 1. The summed E-state index contributed by atoms with van der Waals surface area (Å²) < 4.78 is 1.98. The molecular weight excluding hydrogens is 360 g/mol. The highest BCUT2D eigenvalue weighted by molar-refractivity contribution is 6.31. The number of para-hydroxylation sites is 1. The van der Waals surface area contributed by atoms with Gasteiger partial charge >= 0.3 is 0 Å².